The van der Waals surface area contributed by atoms with Crippen molar-refractivity contribution in [1.82, 2.24) is 19.5 Å². The van der Waals surface area contributed by atoms with Crippen LogP contribution in [0.3, 0.4) is 0 Å². The third-order valence-corrected chi connectivity index (χ3v) is 7.84. The Bertz CT molecular complexity index is 1640. The minimum atomic E-state index is -1.41. The van der Waals surface area contributed by atoms with Crippen LogP contribution < -0.4 is 4.90 Å². The Morgan fingerprint density at radius 1 is 1.12 bits per heavy atom. The molecule has 0 radical (unpaired) electrons. The van der Waals surface area contributed by atoms with Gasteiger partial charge in [0.15, 0.2) is 11.3 Å². The summed E-state index contributed by atoms with van der Waals surface area (Å²) in [5.74, 6) is -3.06. The second kappa shape index (κ2) is 12.2. The summed E-state index contributed by atoms with van der Waals surface area (Å²) in [7, 11) is 1.72. The van der Waals surface area contributed by atoms with E-state index in [4.69, 9.17) is 27.9 Å². The average molecular weight is 620 g/mol. The van der Waals surface area contributed by atoms with Gasteiger partial charge in [0, 0.05) is 37.2 Å². The third-order valence-electron chi connectivity index (χ3n) is 7.16. The van der Waals surface area contributed by atoms with Gasteiger partial charge in [-0.25, -0.2) is 18.2 Å². The number of ether oxygens (including phenoxy) is 1. The maximum absolute atomic E-state index is 15.0. The van der Waals surface area contributed by atoms with E-state index in [-0.39, 0.29) is 55.1 Å². The smallest absolute Gasteiger partial charge is 0.306 e. The highest BCUT2D eigenvalue weighted by molar-refractivity contribution is 6.33. The van der Waals surface area contributed by atoms with Gasteiger partial charge in [-0.1, -0.05) is 35.3 Å². The highest BCUT2D eigenvalue weighted by atomic mass is 35.5. The van der Waals surface area contributed by atoms with E-state index in [9.17, 15) is 22.8 Å². The molecule has 0 aliphatic carbocycles. The normalized spacial score (nSPS) is 17.0. The van der Waals surface area contributed by atoms with Gasteiger partial charge in [0.1, 0.15) is 28.6 Å². The van der Waals surface area contributed by atoms with Crippen LogP contribution in [0.2, 0.25) is 10.0 Å². The van der Waals surface area contributed by atoms with E-state index in [2.05, 4.69) is 10.1 Å². The van der Waals surface area contributed by atoms with Crippen molar-refractivity contribution < 1.29 is 27.5 Å². The largest absolute Gasteiger partial charge is 0.466 e. The van der Waals surface area contributed by atoms with Crippen LogP contribution in [0.15, 0.2) is 48.5 Å². The number of halogens is 5. The summed E-state index contributed by atoms with van der Waals surface area (Å²) in [5, 5.41) is 4.27. The van der Waals surface area contributed by atoms with E-state index in [0.29, 0.717) is 16.5 Å². The number of benzene rings is 2. The number of amides is 1. The number of hydrogen-bond acceptors (Lipinski definition) is 6. The van der Waals surface area contributed by atoms with E-state index in [1.165, 1.54) is 15.5 Å². The van der Waals surface area contributed by atoms with Crippen molar-refractivity contribution in [2.45, 2.75) is 25.9 Å². The van der Waals surface area contributed by atoms with Gasteiger partial charge >= 0.3 is 5.97 Å². The first kappa shape index (κ1) is 29.7. The van der Waals surface area contributed by atoms with Crippen molar-refractivity contribution in [2.24, 2.45) is 5.92 Å². The first-order valence-electron chi connectivity index (χ1n) is 13.2. The van der Waals surface area contributed by atoms with Gasteiger partial charge in [0.2, 0.25) is 0 Å². The summed E-state index contributed by atoms with van der Waals surface area (Å²) in [5.41, 5.74) is 1.10. The summed E-state index contributed by atoms with van der Waals surface area (Å²) < 4.78 is 50.0. The number of likely N-dealkylation sites (tertiary alicyclic amines) is 1. The van der Waals surface area contributed by atoms with Crippen LogP contribution in [0, 0.1) is 17.6 Å². The molecule has 0 N–H and O–H groups in total. The van der Waals surface area contributed by atoms with Gasteiger partial charge in [-0.05, 0) is 37.6 Å². The number of hydrogen-bond donors (Lipinski definition) is 0. The molecular formula is C29H26Cl2F3N5O3. The zero-order valence-electron chi connectivity index (χ0n) is 22.7. The third kappa shape index (κ3) is 5.89. The molecule has 0 bridgehead atoms. The summed E-state index contributed by atoms with van der Waals surface area (Å²) in [6.07, 6.45) is -1.18. The number of alkyl halides is 1. The number of nitrogens with zero attached hydrogens (tertiary/aromatic N) is 5. The Balaban J connectivity index is 1.52. The minimum Gasteiger partial charge on any atom is -0.466 e. The fourth-order valence-electron chi connectivity index (χ4n) is 4.96. The molecule has 2 aromatic carbocycles. The number of aromatic nitrogens is 3. The molecular weight excluding hydrogens is 594 g/mol. The standard InChI is InChI=1S/C29H26Cl2F3N5O3/c1-3-42-27(40)12-16-8-9-38(15-21(16)34)29(41)23-13-25-35-22(17-10-19(32)28(31)20(33)11-17)14-26(39(25)36-23)37(2)24-7-5-4-6-18(24)30/h4-7,10-11,13-14,16,21H,3,8-9,12,15H2,1-2H3. The second-order valence-electron chi connectivity index (χ2n) is 9.89. The summed E-state index contributed by atoms with van der Waals surface area (Å²) >= 11 is 12.1. The SMILES string of the molecule is CCOC(=O)CC1CCN(C(=O)c2cc3nc(-c4cc(F)c(Cl)c(F)c4)cc(N(C)c4ccccc4Cl)n3n2)CC1F. The van der Waals surface area contributed by atoms with Crippen LogP contribution in [0.1, 0.15) is 30.3 Å². The predicted molar refractivity (Wildman–Crippen MR) is 153 cm³/mol. The van der Waals surface area contributed by atoms with Crippen molar-refractivity contribution in [3.05, 3.63) is 75.9 Å². The lowest BCUT2D eigenvalue weighted by Crippen LogP contribution is -2.45. The molecule has 8 nitrogen and oxygen atoms in total. The predicted octanol–water partition coefficient (Wildman–Crippen LogP) is 6.50. The number of carbonyl (C=O) groups excluding carboxylic acids is 2. The van der Waals surface area contributed by atoms with Gasteiger partial charge in [-0.3, -0.25) is 9.59 Å². The Morgan fingerprint density at radius 2 is 1.83 bits per heavy atom. The molecule has 1 aliphatic rings. The number of anilines is 2. The van der Waals surface area contributed by atoms with Gasteiger partial charge in [0.25, 0.3) is 5.91 Å². The molecule has 2 unspecified atom stereocenters. The second-order valence-corrected chi connectivity index (χ2v) is 10.7. The number of para-hydroxylation sites is 1. The molecule has 1 aliphatic heterocycles. The molecule has 2 atom stereocenters. The summed E-state index contributed by atoms with van der Waals surface area (Å²) in [4.78, 5) is 32.8. The van der Waals surface area contributed by atoms with Crippen LogP contribution in [-0.4, -0.2) is 64.3 Å². The molecule has 3 heterocycles. The average Bonchev–Trinajstić information content (AvgIpc) is 3.40. The minimum absolute atomic E-state index is 0.00188. The number of piperidine rings is 1. The molecule has 0 saturated carbocycles. The van der Waals surface area contributed by atoms with Gasteiger partial charge in [-0.15, -0.1) is 0 Å². The van der Waals surface area contributed by atoms with Crippen molar-refractivity contribution in [3.63, 3.8) is 0 Å². The van der Waals surface area contributed by atoms with Crippen molar-refractivity contribution >= 4 is 52.2 Å². The first-order chi connectivity index (χ1) is 20.1. The molecule has 220 valence electrons. The van der Waals surface area contributed by atoms with E-state index in [1.807, 2.05) is 0 Å². The van der Waals surface area contributed by atoms with Gasteiger partial charge in [0.05, 0.1) is 36.0 Å². The lowest BCUT2D eigenvalue weighted by atomic mass is 9.91. The van der Waals surface area contributed by atoms with Crippen molar-refractivity contribution in [1.29, 1.82) is 0 Å². The maximum atomic E-state index is 15.0. The van der Waals surface area contributed by atoms with Crippen LogP contribution in [0.25, 0.3) is 16.9 Å². The van der Waals surface area contributed by atoms with Crippen LogP contribution >= 0.6 is 23.2 Å². The van der Waals surface area contributed by atoms with Gasteiger partial charge in [-0.2, -0.15) is 9.61 Å². The summed E-state index contributed by atoms with van der Waals surface area (Å²) in [6.45, 7) is 1.92. The Morgan fingerprint density at radius 3 is 2.50 bits per heavy atom. The molecule has 4 aromatic rings. The molecule has 1 saturated heterocycles. The number of fused-ring (bicyclic) bond motifs is 1. The zero-order chi connectivity index (χ0) is 30.1. The highest BCUT2D eigenvalue weighted by Gasteiger charge is 2.34. The van der Waals surface area contributed by atoms with Crippen LogP contribution in [0.5, 0.6) is 0 Å². The molecule has 42 heavy (non-hydrogen) atoms. The molecule has 1 fully saturated rings. The van der Waals surface area contributed by atoms with Gasteiger partial charge < -0.3 is 14.5 Å². The molecule has 0 spiro atoms. The number of carbonyl (C=O) groups is 2. The van der Waals surface area contributed by atoms with Crippen molar-refractivity contribution in [2.75, 3.05) is 31.6 Å². The molecule has 2 aromatic heterocycles. The molecule has 1 amide bonds. The van der Waals surface area contributed by atoms with E-state index < -0.39 is 40.6 Å². The highest BCUT2D eigenvalue weighted by Crippen LogP contribution is 2.34. The summed E-state index contributed by atoms with van der Waals surface area (Å²) in [6, 6.07) is 12.1. The fourth-order valence-corrected chi connectivity index (χ4v) is 5.34. The quantitative estimate of drug-likeness (QED) is 0.173. The number of rotatable bonds is 7. The monoisotopic (exact) mass is 619 g/mol. The maximum Gasteiger partial charge on any atom is 0.306 e. The van der Waals surface area contributed by atoms with E-state index in [1.54, 1.807) is 49.2 Å². The Labute approximate surface area is 249 Å². The lowest BCUT2D eigenvalue weighted by molar-refractivity contribution is -0.145. The number of esters is 1. The van der Waals surface area contributed by atoms with E-state index >= 15 is 0 Å². The Hall–Kier alpha value is -3.83. The topological polar surface area (TPSA) is 80.0 Å². The molecule has 13 heteroatoms. The molecule has 5 rings (SSSR count). The first-order valence-corrected chi connectivity index (χ1v) is 14.0. The zero-order valence-corrected chi connectivity index (χ0v) is 24.2. The fraction of sp³-hybridized carbons (Fsp3) is 0.310. The lowest BCUT2D eigenvalue weighted by Gasteiger charge is -2.33. The van der Waals surface area contributed by atoms with Crippen LogP contribution in [0.4, 0.5) is 24.7 Å². The van der Waals surface area contributed by atoms with Crippen molar-refractivity contribution in [3.8, 4) is 11.3 Å². The van der Waals surface area contributed by atoms with E-state index in [0.717, 1.165) is 12.1 Å². The van der Waals surface area contributed by atoms with Crippen LogP contribution in [-0.2, 0) is 9.53 Å². The Kier molecular flexibility index (Phi) is 8.60.